The molecule has 0 atom stereocenters. The maximum Gasteiger partial charge on any atom is 0.358 e. The SMILES string of the molecule is COC(=O)c1cncc(Nc2ccc(F)cc2I)n1. The van der Waals surface area contributed by atoms with Gasteiger partial charge < -0.3 is 10.1 Å². The summed E-state index contributed by atoms with van der Waals surface area (Å²) >= 11 is 2.00. The van der Waals surface area contributed by atoms with Crippen LogP contribution in [0.5, 0.6) is 0 Å². The van der Waals surface area contributed by atoms with Gasteiger partial charge in [-0.3, -0.25) is 4.98 Å². The molecule has 2 aromatic rings. The Morgan fingerprint density at radius 3 is 2.89 bits per heavy atom. The summed E-state index contributed by atoms with van der Waals surface area (Å²) < 4.78 is 18.2. The van der Waals surface area contributed by atoms with Gasteiger partial charge >= 0.3 is 5.97 Å². The summed E-state index contributed by atoms with van der Waals surface area (Å²) in [5, 5.41) is 2.96. The van der Waals surface area contributed by atoms with Crippen LogP contribution in [0.3, 0.4) is 0 Å². The van der Waals surface area contributed by atoms with Crippen LogP contribution >= 0.6 is 22.6 Å². The third-order valence-electron chi connectivity index (χ3n) is 2.22. The van der Waals surface area contributed by atoms with Crippen molar-refractivity contribution in [3.8, 4) is 0 Å². The second kappa shape index (κ2) is 5.91. The molecule has 2 rings (SSSR count). The average Bonchev–Trinajstić information content (AvgIpc) is 2.41. The Bertz CT molecular complexity index is 622. The van der Waals surface area contributed by atoms with Gasteiger partial charge in [0.15, 0.2) is 5.69 Å². The lowest BCUT2D eigenvalue weighted by Gasteiger charge is -2.08. The molecule has 0 saturated carbocycles. The first-order valence-corrected chi connectivity index (χ1v) is 6.30. The van der Waals surface area contributed by atoms with Gasteiger partial charge in [-0.25, -0.2) is 14.2 Å². The number of hydrogen-bond donors (Lipinski definition) is 1. The number of hydrogen-bond acceptors (Lipinski definition) is 5. The summed E-state index contributed by atoms with van der Waals surface area (Å²) in [5.74, 6) is -0.498. The van der Waals surface area contributed by atoms with Gasteiger partial charge in [0.05, 0.1) is 25.2 Å². The monoisotopic (exact) mass is 373 g/mol. The molecule has 0 spiro atoms. The van der Waals surface area contributed by atoms with E-state index in [0.29, 0.717) is 15.1 Å². The van der Waals surface area contributed by atoms with E-state index in [9.17, 15) is 9.18 Å². The molecule has 98 valence electrons. The number of aromatic nitrogens is 2. The van der Waals surface area contributed by atoms with Gasteiger partial charge in [0, 0.05) is 3.57 Å². The molecule has 0 aliphatic carbocycles. The topological polar surface area (TPSA) is 64.1 Å². The smallest absolute Gasteiger partial charge is 0.358 e. The average molecular weight is 373 g/mol. The Morgan fingerprint density at radius 1 is 1.42 bits per heavy atom. The molecule has 1 heterocycles. The van der Waals surface area contributed by atoms with Gasteiger partial charge in [0.2, 0.25) is 0 Å². The number of esters is 1. The van der Waals surface area contributed by atoms with Crippen molar-refractivity contribution in [2.24, 2.45) is 0 Å². The summed E-state index contributed by atoms with van der Waals surface area (Å²) in [6.45, 7) is 0. The second-order valence-corrected chi connectivity index (χ2v) is 4.69. The van der Waals surface area contributed by atoms with E-state index < -0.39 is 5.97 Å². The molecule has 1 aromatic carbocycles. The van der Waals surface area contributed by atoms with Crippen LogP contribution in [0.1, 0.15) is 10.5 Å². The van der Waals surface area contributed by atoms with Gasteiger partial charge in [-0.05, 0) is 40.8 Å². The zero-order valence-corrected chi connectivity index (χ0v) is 12.0. The van der Waals surface area contributed by atoms with Crippen molar-refractivity contribution in [2.45, 2.75) is 0 Å². The fourth-order valence-electron chi connectivity index (χ4n) is 1.36. The zero-order valence-electron chi connectivity index (χ0n) is 9.85. The van der Waals surface area contributed by atoms with E-state index in [1.54, 1.807) is 6.07 Å². The van der Waals surface area contributed by atoms with Crippen molar-refractivity contribution in [2.75, 3.05) is 12.4 Å². The Morgan fingerprint density at radius 2 is 2.21 bits per heavy atom. The number of carbonyl (C=O) groups excluding carboxylic acids is 1. The highest BCUT2D eigenvalue weighted by atomic mass is 127. The summed E-state index contributed by atoms with van der Waals surface area (Å²) in [7, 11) is 1.27. The Balaban J connectivity index is 2.26. The maximum atomic E-state index is 13.0. The largest absolute Gasteiger partial charge is 0.464 e. The molecule has 0 saturated heterocycles. The quantitative estimate of drug-likeness (QED) is 0.662. The van der Waals surface area contributed by atoms with Crippen molar-refractivity contribution in [3.63, 3.8) is 0 Å². The number of ether oxygens (including phenoxy) is 1. The van der Waals surface area contributed by atoms with Crippen LogP contribution in [0.4, 0.5) is 15.9 Å². The van der Waals surface area contributed by atoms with E-state index in [4.69, 9.17) is 0 Å². The summed E-state index contributed by atoms with van der Waals surface area (Å²) in [6, 6.07) is 4.31. The van der Waals surface area contributed by atoms with Gasteiger partial charge in [-0.15, -0.1) is 0 Å². The lowest BCUT2D eigenvalue weighted by atomic mass is 10.3. The highest BCUT2D eigenvalue weighted by molar-refractivity contribution is 14.1. The minimum absolute atomic E-state index is 0.101. The van der Waals surface area contributed by atoms with Gasteiger partial charge in [-0.1, -0.05) is 0 Å². The third kappa shape index (κ3) is 3.37. The van der Waals surface area contributed by atoms with E-state index in [0.717, 1.165) is 0 Å². The number of halogens is 2. The molecule has 0 aliphatic heterocycles. The van der Waals surface area contributed by atoms with Crippen LogP contribution < -0.4 is 5.32 Å². The molecule has 5 nitrogen and oxygen atoms in total. The predicted octanol–water partition coefficient (Wildman–Crippen LogP) is 2.75. The number of rotatable bonds is 3. The Kier molecular flexibility index (Phi) is 4.25. The van der Waals surface area contributed by atoms with Crippen molar-refractivity contribution in [3.05, 3.63) is 45.7 Å². The molecular weight excluding hydrogens is 364 g/mol. The number of nitrogens with one attached hydrogen (secondary N) is 1. The van der Waals surface area contributed by atoms with E-state index in [1.807, 2.05) is 22.6 Å². The molecule has 0 amide bonds. The highest BCUT2D eigenvalue weighted by Gasteiger charge is 2.09. The van der Waals surface area contributed by atoms with Gasteiger partial charge in [0.1, 0.15) is 11.6 Å². The van der Waals surface area contributed by atoms with Gasteiger partial charge in [-0.2, -0.15) is 0 Å². The van der Waals surface area contributed by atoms with E-state index in [2.05, 4.69) is 20.0 Å². The molecule has 0 fully saturated rings. The van der Waals surface area contributed by atoms with Crippen LogP contribution in [0.15, 0.2) is 30.6 Å². The van der Waals surface area contributed by atoms with Gasteiger partial charge in [0.25, 0.3) is 0 Å². The van der Waals surface area contributed by atoms with Crippen molar-refractivity contribution >= 4 is 40.1 Å². The zero-order chi connectivity index (χ0) is 13.8. The molecule has 1 aromatic heterocycles. The fraction of sp³-hybridized carbons (Fsp3) is 0.0833. The van der Waals surface area contributed by atoms with Crippen molar-refractivity contribution in [1.82, 2.24) is 9.97 Å². The molecule has 0 unspecified atom stereocenters. The molecular formula is C12H9FIN3O2. The van der Waals surface area contributed by atoms with E-state index in [1.165, 1.54) is 31.6 Å². The first kappa shape index (κ1) is 13.7. The van der Waals surface area contributed by atoms with E-state index >= 15 is 0 Å². The molecule has 0 radical (unpaired) electrons. The maximum absolute atomic E-state index is 13.0. The minimum atomic E-state index is -0.565. The first-order valence-electron chi connectivity index (χ1n) is 5.22. The first-order chi connectivity index (χ1) is 9.10. The number of anilines is 2. The standard InChI is InChI=1S/C12H9FIN3O2/c1-19-12(18)10-5-15-6-11(17-10)16-9-3-2-7(13)4-8(9)14/h2-6H,1H3,(H,16,17). The molecule has 0 aliphatic rings. The van der Waals surface area contributed by atoms with E-state index in [-0.39, 0.29) is 11.5 Å². The lowest BCUT2D eigenvalue weighted by Crippen LogP contribution is -2.07. The van der Waals surface area contributed by atoms with Crippen LogP contribution in [0, 0.1) is 9.39 Å². The Hall–Kier alpha value is -1.77. The van der Waals surface area contributed by atoms with Crippen LogP contribution in [-0.2, 0) is 4.74 Å². The highest BCUT2D eigenvalue weighted by Crippen LogP contribution is 2.22. The summed E-state index contributed by atoms with van der Waals surface area (Å²) in [4.78, 5) is 19.3. The lowest BCUT2D eigenvalue weighted by molar-refractivity contribution is 0.0593. The summed E-state index contributed by atoms with van der Waals surface area (Å²) in [5.41, 5.74) is 0.780. The number of benzene rings is 1. The van der Waals surface area contributed by atoms with Crippen molar-refractivity contribution < 1.29 is 13.9 Å². The molecule has 0 bridgehead atoms. The van der Waals surface area contributed by atoms with Crippen LogP contribution in [-0.4, -0.2) is 23.0 Å². The molecule has 7 heteroatoms. The number of carbonyl (C=O) groups is 1. The van der Waals surface area contributed by atoms with Crippen molar-refractivity contribution in [1.29, 1.82) is 0 Å². The molecule has 19 heavy (non-hydrogen) atoms. The molecule has 1 N–H and O–H groups in total. The Labute approximate surface area is 122 Å². The van der Waals surface area contributed by atoms with Crippen LogP contribution in [0.25, 0.3) is 0 Å². The normalized spacial score (nSPS) is 10.1. The number of nitrogens with zero attached hydrogens (tertiary/aromatic N) is 2. The second-order valence-electron chi connectivity index (χ2n) is 3.53. The predicted molar refractivity (Wildman–Crippen MR) is 75.8 cm³/mol. The minimum Gasteiger partial charge on any atom is -0.464 e. The third-order valence-corrected chi connectivity index (χ3v) is 3.12. The van der Waals surface area contributed by atoms with Crippen LogP contribution in [0.2, 0.25) is 0 Å². The fourth-order valence-corrected chi connectivity index (χ4v) is 1.97. The number of methoxy groups -OCH3 is 1. The summed E-state index contributed by atoms with van der Waals surface area (Å²) in [6.07, 6.45) is 2.78.